The lowest BCUT2D eigenvalue weighted by molar-refractivity contribution is 0.0208. The van der Waals surface area contributed by atoms with E-state index in [1.54, 1.807) is 0 Å². The molecule has 5 nitrogen and oxygen atoms in total. The van der Waals surface area contributed by atoms with E-state index < -0.39 is 0 Å². The Hall–Kier alpha value is -0.200. The molecular formula is C15H32N4O. The molecule has 118 valence electrons. The van der Waals surface area contributed by atoms with Crippen LogP contribution in [0.15, 0.2) is 0 Å². The van der Waals surface area contributed by atoms with Crippen LogP contribution in [0.3, 0.4) is 0 Å². The quantitative estimate of drug-likeness (QED) is 0.774. The summed E-state index contributed by atoms with van der Waals surface area (Å²) in [5, 5.41) is 0. The normalized spacial score (nSPS) is 30.6. The molecule has 0 saturated carbocycles. The van der Waals surface area contributed by atoms with Crippen molar-refractivity contribution in [2.75, 3.05) is 73.1 Å². The molecule has 0 radical (unpaired) electrons. The maximum absolute atomic E-state index is 6.15. The largest absolute Gasteiger partial charge is 0.381 e. The molecule has 0 aliphatic carbocycles. The maximum atomic E-state index is 6.15. The third-order valence-corrected chi connectivity index (χ3v) is 4.93. The molecule has 0 aromatic carbocycles. The zero-order valence-corrected chi connectivity index (χ0v) is 13.3. The van der Waals surface area contributed by atoms with Crippen LogP contribution < -0.4 is 5.73 Å². The molecule has 2 aliphatic rings. The molecule has 1 atom stereocenters. The van der Waals surface area contributed by atoms with E-state index in [-0.39, 0.29) is 5.54 Å². The van der Waals surface area contributed by atoms with Gasteiger partial charge in [-0.25, -0.2) is 0 Å². The monoisotopic (exact) mass is 284 g/mol. The van der Waals surface area contributed by atoms with Crippen LogP contribution in [-0.4, -0.2) is 93.4 Å². The van der Waals surface area contributed by atoms with Gasteiger partial charge in [-0.05, 0) is 33.4 Å². The number of hydrogen-bond donors (Lipinski definition) is 1. The van der Waals surface area contributed by atoms with Gasteiger partial charge in [0, 0.05) is 64.6 Å². The Morgan fingerprint density at radius 2 is 1.85 bits per heavy atom. The average molecular weight is 284 g/mol. The SMILES string of the molecule is CN(C)CCN1CCN(C2(CN)CCCOCC2)CC1. The Kier molecular flexibility index (Phi) is 6.23. The van der Waals surface area contributed by atoms with Crippen molar-refractivity contribution in [1.29, 1.82) is 0 Å². The molecule has 0 aromatic rings. The standard InChI is InChI=1S/C15H32N4O/c1-17(2)6-7-18-8-10-19(11-9-18)15(14-16)4-3-12-20-13-5-15/h3-14,16H2,1-2H3. The van der Waals surface area contributed by atoms with Gasteiger partial charge >= 0.3 is 0 Å². The summed E-state index contributed by atoms with van der Waals surface area (Å²) in [5.41, 5.74) is 6.35. The molecule has 0 amide bonds. The van der Waals surface area contributed by atoms with Gasteiger partial charge in [-0.15, -0.1) is 0 Å². The fourth-order valence-corrected chi connectivity index (χ4v) is 3.43. The minimum Gasteiger partial charge on any atom is -0.381 e. The summed E-state index contributed by atoms with van der Waals surface area (Å²) >= 11 is 0. The van der Waals surface area contributed by atoms with Crippen LogP contribution in [0.2, 0.25) is 0 Å². The third-order valence-electron chi connectivity index (χ3n) is 4.93. The number of rotatable bonds is 5. The van der Waals surface area contributed by atoms with Gasteiger partial charge in [-0.2, -0.15) is 0 Å². The first-order chi connectivity index (χ1) is 9.66. The lowest BCUT2D eigenvalue weighted by atomic mass is 9.88. The molecule has 2 fully saturated rings. The molecule has 0 aromatic heterocycles. The van der Waals surface area contributed by atoms with Gasteiger partial charge in [0.15, 0.2) is 0 Å². The number of hydrogen-bond acceptors (Lipinski definition) is 5. The highest BCUT2D eigenvalue weighted by Gasteiger charge is 2.37. The summed E-state index contributed by atoms with van der Waals surface area (Å²) in [5.74, 6) is 0. The van der Waals surface area contributed by atoms with Crippen molar-refractivity contribution in [2.24, 2.45) is 5.73 Å². The van der Waals surface area contributed by atoms with Gasteiger partial charge in [0.05, 0.1) is 0 Å². The molecule has 1 unspecified atom stereocenters. The highest BCUT2D eigenvalue weighted by Crippen LogP contribution is 2.28. The van der Waals surface area contributed by atoms with Crippen molar-refractivity contribution in [3.63, 3.8) is 0 Å². The molecule has 20 heavy (non-hydrogen) atoms. The van der Waals surface area contributed by atoms with Crippen molar-refractivity contribution in [1.82, 2.24) is 14.7 Å². The van der Waals surface area contributed by atoms with Crippen LogP contribution in [-0.2, 0) is 4.74 Å². The molecule has 2 aliphatic heterocycles. The zero-order chi connectivity index (χ0) is 14.4. The Morgan fingerprint density at radius 3 is 2.50 bits per heavy atom. The summed E-state index contributed by atoms with van der Waals surface area (Å²) in [6.45, 7) is 9.55. The van der Waals surface area contributed by atoms with Crippen molar-refractivity contribution in [2.45, 2.75) is 24.8 Å². The van der Waals surface area contributed by atoms with E-state index in [2.05, 4.69) is 28.8 Å². The topological polar surface area (TPSA) is 45.0 Å². The minimum absolute atomic E-state index is 0.199. The summed E-state index contributed by atoms with van der Waals surface area (Å²) in [7, 11) is 4.29. The smallest absolute Gasteiger partial charge is 0.0484 e. The highest BCUT2D eigenvalue weighted by atomic mass is 16.5. The van der Waals surface area contributed by atoms with Gasteiger partial charge in [0.2, 0.25) is 0 Å². The van der Waals surface area contributed by atoms with E-state index in [1.165, 1.54) is 26.1 Å². The van der Waals surface area contributed by atoms with E-state index in [4.69, 9.17) is 10.5 Å². The van der Waals surface area contributed by atoms with Crippen LogP contribution in [0.5, 0.6) is 0 Å². The molecule has 2 rings (SSSR count). The Morgan fingerprint density at radius 1 is 1.10 bits per heavy atom. The Bertz CT molecular complexity index is 269. The highest BCUT2D eigenvalue weighted by molar-refractivity contribution is 4.95. The Labute approximate surface area is 124 Å². The van der Waals surface area contributed by atoms with Crippen LogP contribution in [0.25, 0.3) is 0 Å². The van der Waals surface area contributed by atoms with Crippen molar-refractivity contribution in [3.8, 4) is 0 Å². The summed E-state index contributed by atoms with van der Waals surface area (Å²) in [6, 6.07) is 0. The summed E-state index contributed by atoms with van der Waals surface area (Å²) < 4.78 is 5.63. The van der Waals surface area contributed by atoms with Crippen molar-refractivity contribution in [3.05, 3.63) is 0 Å². The van der Waals surface area contributed by atoms with E-state index in [0.717, 1.165) is 52.2 Å². The van der Waals surface area contributed by atoms with Gasteiger partial charge < -0.3 is 15.4 Å². The van der Waals surface area contributed by atoms with Gasteiger partial charge in [0.25, 0.3) is 0 Å². The van der Waals surface area contributed by atoms with Crippen LogP contribution >= 0.6 is 0 Å². The Balaban J connectivity index is 1.84. The lowest BCUT2D eigenvalue weighted by Gasteiger charge is -2.47. The number of nitrogens with two attached hydrogens (primary N) is 1. The van der Waals surface area contributed by atoms with Crippen LogP contribution in [0.1, 0.15) is 19.3 Å². The van der Waals surface area contributed by atoms with E-state index in [0.29, 0.717) is 0 Å². The van der Waals surface area contributed by atoms with E-state index >= 15 is 0 Å². The first-order valence-electron chi connectivity index (χ1n) is 8.06. The molecule has 2 heterocycles. The number of nitrogens with zero attached hydrogens (tertiary/aromatic N) is 3. The fraction of sp³-hybridized carbons (Fsp3) is 1.00. The lowest BCUT2D eigenvalue weighted by Crippen LogP contribution is -2.60. The van der Waals surface area contributed by atoms with Crippen molar-refractivity contribution >= 4 is 0 Å². The zero-order valence-electron chi connectivity index (χ0n) is 13.3. The molecule has 0 spiro atoms. The van der Waals surface area contributed by atoms with Gasteiger partial charge in [-0.1, -0.05) is 0 Å². The molecular weight excluding hydrogens is 252 g/mol. The predicted octanol–water partition coefficient (Wildman–Crippen LogP) is 0.0636. The van der Waals surface area contributed by atoms with Gasteiger partial charge in [0.1, 0.15) is 0 Å². The third kappa shape index (κ3) is 4.15. The first kappa shape index (κ1) is 16.2. The van der Waals surface area contributed by atoms with E-state index in [9.17, 15) is 0 Å². The summed E-state index contributed by atoms with van der Waals surface area (Å²) in [4.78, 5) is 7.48. The molecule has 0 bridgehead atoms. The predicted molar refractivity (Wildman–Crippen MR) is 83.0 cm³/mol. The average Bonchev–Trinajstić information content (AvgIpc) is 2.72. The number of ether oxygens (including phenoxy) is 1. The van der Waals surface area contributed by atoms with Crippen LogP contribution in [0, 0.1) is 0 Å². The van der Waals surface area contributed by atoms with E-state index in [1.807, 2.05) is 0 Å². The maximum Gasteiger partial charge on any atom is 0.0484 e. The van der Waals surface area contributed by atoms with Crippen molar-refractivity contribution < 1.29 is 4.74 Å². The second kappa shape index (κ2) is 7.71. The number of likely N-dealkylation sites (N-methyl/N-ethyl adjacent to an activating group) is 1. The number of piperazine rings is 1. The minimum atomic E-state index is 0.199. The molecule has 2 saturated heterocycles. The molecule has 5 heteroatoms. The second-order valence-corrected chi connectivity index (χ2v) is 6.53. The molecule has 2 N–H and O–H groups in total. The second-order valence-electron chi connectivity index (χ2n) is 6.53. The first-order valence-corrected chi connectivity index (χ1v) is 8.06. The summed E-state index contributed by atoms with van der Waals surface area (Å²) in [6.07, 6.45) is 3.44. The van der Waals surface area contributed by atoms with Gasteiger partial charge in [-0.3, -0.25) is 9.80 Å². The van der Waals surface area contributed by atoms with Crippen LogP contribution in [0.4, 0.5) is 0 Å². The fourth-order valence-electron chi connectivity index (χ4n) is 3.43.